The van der Waals surface area contributed by atoms with Crippen molar-refractivity contribution < 1.29 is 35.9 Å². The standard InChI is InChI=1S/C17H14F6N6O2/c18-16(19,20)8-5-9(27-10(6-8)29-3-1-24-2-4-29)12-11-13(17(21,22)23)31-15(30)28-14(11)26-7-25-12/h5-7,13,24H,1-4H2,(H,25,26,28,30)/t13-/m1/s1. The number of cyclic esters (lactones) is 1. The number of carbonyl (C=O) groups is 1. The average molecular weight is 448 g/mol. The molecule has 166 valence electrons. The number of nitrogens with one attached hydrogen (secondary N) is 2. The second kappa shape index (κ2) is 7.51. The van der Waals surface area contributed by atoms with E-state index in [1.54, 1.807) is 4.90 Å². The third-order valence-electron chi connectivity index (χ3n) is 4.71. The van der Waals surface area contributed by atoms with E-state index in [0.29, 0.717) is 32.2 Å². The molecule has 0 spiro atoms. The maximum absolute atomic E-state index is 13.6. The van der Waals surface area contributed by atoms with Gasteiger partial charge in [0, 0.05) is 26.2 Å². The summed E-state index contributed by atoms with van der Waals surface area (Å²) in [4.78, 5) is 24.6. The first-order chi connectivity index (χ1) is 14.5. The molecule has 2 aliphatic heterocycles. The molecule has 1 amide bonds. The van der Waals surface area contributed by atoms with Crippen LogP contribution >= 0.6 is 0 Å². The zero-order valence-corrected chi connectivity index (χ0v) is 15.5. The van der Waals surface area contributed by atoms with Crippen LogP contribution in [0.1, 0.15) is 17.2 Å². The van der Waals surface area contributed by atoms with Gasteiger partial charge in [-0.15, -0.1) is 0 Å². The van der Waals surface area contributed by atoms with E-state index < -0.39 is 52.9 Å². The summed E-state index contributed by atoms with van der Waals surface area (Å²) in [6, 6.07) is 1.44. The fraction of sp³-hybridized carbons (Fsp3) is 0.412. The molecule has 2 aromatic heterocycles. The Morgan fingerprint density at radius 3 is 2.42 bits per heavy atom. The van der Waals surface area contributed by atoms with E-state index in [9.17, 15) is 31.1 Å². The number of halogens is 6. The number of hydrogen-bond acceptors (Lipinski definition) is 7. The van der Waals surface area contributed by atoms with Crippen molar-refractivity contribution in [2.45, 2.75) is 18.5 Å². The highest BCUT2D eigenvalue weighted by molar-refractivity contribution is 5.88. The average Bonchev–Trinajstić information content (AvgIpc) is 2.71. The molecule has 2 aromatic rings. The van der Waals surface area contributed by atoms with E-state index >= 15 is 0 Å². The molecule has 1 saturated heterocycles. The Bertz CT molecular complexity index is 1010. The number of piperazine rings is 1. The van der Waals surface area contributed by atoms with Gasteiger partial charge in [0.1, 0.15) is 23.7 Å². The minimum Gasteiger partial charge on any atom is -0.431 e. The Morgan fingerprint density at radius 1 is 1.06 bits per heavy atom. The van der Waals surface area contributed by atoms with Gasteiger partial charge >= 0.3 is 18.4 Å². The Kier molecular flexibility index (Phi) is 5.11. The lowest BCUT2D eigenvalue weighted by Gasteiger charge is -2.30. The summed E-state index contributed by atoms with van der Waals surface area (Å²) in [5, 5.41) is 5.06. The fourth-order valence-corrected chi connectivity index (χ4v) is 3.33. The van der Waals surface area contributed by atoms with Crippen LogP contribution in [-0.4, -0.2) is 53.4 Å². The monoisotopic (exact) mass is 448 g/mol. The lowest BCUT2D eigenvalue weighted by Crippen LogP contribution is -2.44. The predicted molar refractivity (Wildman–Crippen MR) is 94.2 cm³/mol. The number of carbonyl (C=O) groups excluding carboxylic acids is 1. The molecule has 0 saturated carbocycles. The number of aromatic nitrogens is 3. The van der Waals surface area contributed by atoms with Gasteiger partial charge in [-0.25, -0.2) is 19.7 Å². The molecule has 14 heteroatoms. The highest BCUT2D eigenvalue weighted by atomic mass is 19.4. The van der Waals surface area contributed by atoms with E-state index in [1.807, 2.05) is 5.32 Å². The third kappa shape index (κ3) is 4.19. The Morgan fingerprint density at radius 2 is 1.77 bits per heavy atom. The van der Waals surface area contributed by atoms with Crippen LogP contribution in [0, 0.1) is 0 Å². The number of anilines is 2. The molecule has 0 unspecified atom stereocenters. The highest BCUT2D eigenvalue weighted by Crippen LogP contribution is 2.45. The van der Waals surface area contributed by atoms with Gasteiger partial charge in [0.05, 0.1) is 16.8 Å². The van der Waals surface area contributed by atoms with Gasteiger partial charge in [0.25, 0.3) is 0 Å². The van der Waals surface area contributed by atoms with E-state index in [4.69, 9.17) is 0 Å². The van der Waals surface area contributed by atoms with Crippen LogP contribution in [0.3, 0.4) is 0 Å². The number of ether oxygens (including phenoxy) is 1. The first-order valence-electron chi connectivity index (χ1n) is 8.98. The lowest BCUT2D eigenvalue weighted by atomic mass is 10.0. The summed E-state index contributed by atoms with van der Waals surface area (Å²) >= 11 is 0. The fourth-order valence-electron chi connectivity index (χ4n) is 3.33. The molecular weight excluding hydrogens is 434 g/mol. The van der Waals surface area contributed by atoms with Crippen molar-refractivity contribution in [1.82, 2.24) is 20.3 Å². The first-order valence-corrected chi connectivity index (χ1v) is 8.98. The van der Waals surface area contributed by atoms with Crippen LogP contribution in [0.2, 0.25) is 0 Å². The second-order valence-electron chi connectivity index (χ2n) is 6.77. The second-order valence-corrected chi connectivity index (χ2v) is 6.77. The molecule has 1 atom stereocenters. The topological polar surface area (TPSA) is 92.3 Å². The number of nitrogens with zero attached hydrogens (tertiary/aromatic N) is 4. The molecule has 4 rings (SSSR count). The third-order valence-corrected chi connectivity index (χ3v) is 4.71. The summed E-state index contributed by atoms with van der Waals surface area (Å²) in [7, 11) is 0. The summed E-state index contributed by atoms with van der Waals surface area (Å²) in [5.74, 6) is -0.561. The molecule has 4 heterocycles. The van der Waals surface area contributed by atoms with Crippen molar-refractivity contribution in [3.63, 3.8) is 0 Å². The summed E-state index contributed by atoms with van der Waals surface area (Å²) in [6.07, 6.45) is -13.1. The van der Waals surface area contributed by atoms with E-state index in [0.717, 1.165) is 12.4 Å². The maximum atomic E-state index is 13.6. The smallest absolute Gasteiger partial charge is 0.430 e. The molecule has 0 aliphatic carbocycles. The molecule has 31 heavy (non-hydrogen) atoms. The van der Waals surface area contributed by atoms with Crippen LogP contribution in [0.5, 0.6) is 0 Å². The van der Waals surface area contributed by atoms with Crippen molar-refractivity contribution in [3.05, 3.63) is 29.6 Å². The maximum Gasteiger partial charge on any atom is 0.430 e. The van der Waals surface area contributed by atoms with Gasteiger partial charge in [-0.2, -0.15) is 26.3 Å². The molecule has 1 fully saturated rings. The molecule has 0 bridgehead atoms. The number of rotatable bonds is 2. The first kappa shape index (κ1) is 21.1. The summed E-state index contributed by atoms with van der Waals surface area (Å²) < 4.78 is 85.6. The SMILES string of the molecule is O=C1Nc2ncnc(-c3cc(C(F)(F)F)cc(N4CCNCC4)n3)c2[C@H](C(F)(F)F)O1. The Hall–Kier alpha value is -3.16. The van der Waals surface area contributed by atoms with Gasteiger partial charge < -0.3 is 15.0 Å². The van der Waals surface area contributed by atoms with Crippen LogP contribution in [0.25, 0.3) is 11.4 Å². The number of alkyl halides is 6. The van der Waals surface area contributed by atoms with E-state index in [-0.39, 0.29) is 5.82 Å². The number of hydrogen-bond donors (Lipinski definition) is 2. The van der Waals surface area contributed by atoms with Crippen molar-refractivity contribution >= 4 is 17.7 Å². The molecule has 2 N–H and O–H groups in total. The van der Waals surface area contributed by atoms with Crippen molar-refractivity contribution in [3.8, 4) is 11.4 Å². The number of amides is 1. The normalized spacial score (nSPS) is 19.5. The minimum absolute atomic E-state index is 0.0528. The van der Waals surface area contributed by atoms with Crippen LogP contribution < -0.4 is 15.5 Å². The summed E-state index contributed by atoms with van der Waals surface area (Å²) in [6.45, 7) is 1.73. The van der Waals surface area contributed by atoms with Crippen LogP contribution in [0.15, 0.2) is 18.5 Å². The van der Waals surface area contributed by atoms with Gasteiger partial charge in [-0.1, -0.05) is 0 Å². The van der Waals surface area contributed by atoms with Crippen LogP contribution in [0.4, 0.5) is 42.8 Å². The van der Waals surface area contributed by atoms with Crippen LogP contribution in [-0.2, 0) is 10.9 Å². The molecule has 2 aliphatic rings. The van der Waals surface area contributed by atoms with Crippen molar-refractivity contribution in [2.75, 3.05) is 36.4 Å². The van der Waals surface area contributed by atoms with Gasteiger partial charge in [0.2, 0.25) is 6.10 Å². The molecule has 0 radical (unpaired) electrons. The molecular formula is C17H14F6N6O2. The predicted octanol–water partition coefficient (Wildman–Crippen LogP) is 3.13. The molecule has 8 nitrogen and oxygen atoms in total. The van der Waals surface area contributed by atoms with Gasteiger partial charge in [-0.05, 0) is 12.1 Å². The van der Waals surface area contributed by atoms with E-state index in [1.165, 1.54) is 0 Å². The van der Waals surface area contributed by atoms with Gasteiger partial charge in [-0.3, -0.25) is 5.32 Å². The zero-order valence-electron chi connectivity index (χ0n) is 15.5. The Balaban J connectivity index is 1.90. The number of fused-ring (bicyclic) bond motifs is 1. The number of pyridine rings is 1. The molecule has 0 aromatic carbocycles. The van der Waals surface area contributed by atoms with E-state index in [2.05, 4.69) is 25.0 Å². The largest absolute Gasteiger partial charge is 0.431 e. The quantitative estimate of drug-likeness (QED) is 0.682. The Labute approximate surface area is 170 Å². The van der Waals surface area contributed by atoms with Gasteiger partial charge in [0.15, 0.2) is 0 Å². The zero-order chi connectivity index (χ0) is 22.4. The summed E-state index contributed by atoms with van der Waals surface area (Å²) in [5.41, 5.74) is -2.78. The van der Waals surface area contributed by atoms with Crippen molar-refractivity contribution in [2.24, 2.45) is 0 Å². The minimum atomic E-state index is -5.05. The highest BCUT2D eigenvalue weighted by Gasteiger charge is 2.50. The van der Waals surface area contributed by atoms with Crippen molar-refractivity contribution in [1.29, 1.82) is 0 Å². The lowest BCUT2D eigenvalue weighted by molar-refractivity contribution is -0.206.